The Hall–Kier alpha value is -1.71. The Bertz CT molecular complexity index is 670. The molecule has 5 heteroatoms. The zero-order valence-corrected chi connectivity index (χ0v) is 13.4. The SMILES string of the molecule is CC(c1ccccc1Cl)N(C)c1ccc(C(=N)N)c(Cl)c1. The summed E-state index contributed by atoms with van der Waals surface area (Å²) in [5.74, 6) is -0.0339. The molecule has 110 valence electrons. The van der Waals surface area contributed by atoms with Crippen LogP contribution in [0.15, 0.2) is 42.5 Å². The standard InChI is InChI=1S/C16H17Cl2N3/c1-10(12-5-3-4-6-14(12)17)21(2)11-7-8-13(16(19)20)15(18)9-11/h3-10H,1-2H3,(H3,19,20). The zero-order chi connectivity index (χ0) is 15.6. The number of nitrogens with zero attached hydrogens (tertiary/aromatic N) is 1. The summed E-state index contributed by atoms with van der Waals surface area (Å²) in [6.45, 7) is 2.08. The first-order valence-electron chi connectivity index (χ1n) is 6.53. The van der Waals surface area contributed by atoms with Crippen molar-refractivity contribution in [3.63, 3.8) is 0 Å². The van der Waals surface area contributed by atoms with Gasteiger partial charge in [0.25, 0.3) is 0 Å². The summed E-state index contributed by atoms with van der Waals surface area (Å²) >= 11 is 12.4. The minimum Gasteiger partial charge on any atom is -0.384 e. The van der Waals surface area contributed by atoms with Crippen molar-refractivity contribution < 1.29 is 0 Å². The van der Waals surface area contributed by atoms with E-state index < -0.39 is 0 Å². The molecule has 0 aromatic heterocycles. The molecule has 2 aromatic rings. The van der Waals surface area contributed by atoms with Gasteiger partial charge >= 0.3 is 0 Å². The lowest BCUT2D eigenvalue weighted by Crippen LogP contribution is -2.22. The number of nitrogens with one attached hydrogen (secondary N) is 1. The van der Waals surface area contributed by atoms with Gasteiger partial charge in [-0.05, 0) is 36.8 Å². The van der Waals surface area contributed by atoms with Crippen LogP contribution in [0.3, 0.4) is 0 Å². The molecule has 0 aliphatic rings. The van der Waals surface area contributed by atoms with E-state index in [4.69, 9.17) is 34.3 Å². The second-order valence-corrected chi connectivity index (χ2v) is 5.70. The van der Waals surface area contributed by atoms with Gasteiger partial charge in [-0.1, -0.05) is 41.4 Å². The summed E-state index contributed by atoms with van der Waals surface area (Å²) in [5.41, 5.74) is 8.01. The van der Waals surface area contributed by atoms with E-state index in [0.29, 0.717) is 10.6 Å². The van der Waals surface area contributed by atoms with Crippen molar-refractivity contribution in [3.8, 4) is 0 Å². The van der Waals surface area contributed by atoms with E-state index in [1.54, 1.807) is 6.07 Å². The molecule has 0 radical (unpaired) electrons. The second kappa shape index (κ2) is 6.37. The average molecular weight is 322 g/mol. The highest BCUT2D eigenvalue weighted by Gasteiger charge is 2.16. The number of hydrogen-bond donors (Lipinski definition) is 2. The largest absolute Gasteiger partial charge is 0.384 e. The molecular weight excluding hydrogens is 305 g/mol. The molecule has 2 rings (SSSR count). The third kappa shape index (κ3) is 3.31. The van der Waals surface area contributed by atoms with Gasteiger partial charge in [-0.2, -0.15) is 0 Å². The van der Waals surface area contributed by atoms with E-state index in [0.717, 1.165) is 16.3 Å². The van der Waals surface area contributed by atoms with Crippen molar-refractivity contribution in [3.05, 3.63) is 63.6 Å². The van der Waals surface area contributed by atoms with E-state index in [2.05, 4.69) is 11.8 Å². The van der Waals surface area contributed by atoms with Crippen LogP contribution in [0.25, 0.3) is 0 Å². The summed E-state index contributed by atoms with van der Waals surface area (Å²) in [4.78, 5) is 2.08. The minimum absolute atomic E-state index is 0.0339. The quantitative estimate of drug-likeness (QED) is 0.644. The number of amidine groups is 1. The number of halogens is 2. The summed E-state index contributed by atoms with van der Waals surface area (Å²) < 4.78 is 0. The average Bonchev–Trinajstić information content (AvgIpc) is 2.45. The van der Waals surface area contributed by atoms with Crippen molar-refractivity contribution in [1.82, 2.24) is 0 Å². The summed E-state index contributed by atoms with van der Waals surface area (Å²) in [7, 11) is 1.98. The number of nitrogens with two attached hydrogens (primary N) is 1. The number of hydrogen-bond acceptors (Lipinski definition) is 2. The smallest absolute Gasteiger partial charge is 0.124 e. The van der Waals surface area contributed by atoms with Crippen LogP contribution < -0.4 is 10.6 Å². The highest BCUT2D eigenvalue weighted by atomic mass is 35.5. The molecule has 1 unspecified atom stereocenters. The molecule has 1 atom stereocenters. The number of nitrogen functional groups attached to an aromatic ring is 1. The lowest BCUT2D eigenvalue weighted by molar-refractivity contribution is 0.740. The molecule has 3 N–H and O–H groups in total. The first kappa shape index (κ1) is 15.7. The van der Waals surface area contributed by atoms with Gasteiger partial charge in [0.15, 0.2) is 0 Å². The topological polar surface area (TPSA) is 53.1 Å². The fourth-order valence-corrected chi connectivity index (χ4v) is 2.76. The van der Waals surface area contributed by atoms with Gasteiger partial charge in [-0.15, -0.1) is 0 Å². The molecule has 0 saturated carbocycles. The van der Waals surface area contributed by atoms with Gasteiger partial charge in [0.2, 0.25) is 0 Å². The summed E-state index contributed by atoms with van der Waals surface area (Å²) in [5, 5.41) is 8.67. The second-order valence-electron chi connectivity index (χ2n) is 4.89. The molecular formula is C16H17Cl2N3. The minimum atomic E-state index is -0.0339. The van der Waals surface area contributed by atoms with Gasteiger partial charge in [-0.3, -0.25) is 5.41 Å². The van der Waals surface area contributed by atoms with Crippen LogP contribution in [-0.2, 0) is 0 Å². The Morgan fingerprint density at radius 1 is 1.14 bits per heavy atom. The van der Waals surface area contributed by atoms with E-state index in [-0.39, 0.29) is 11.9 Å². The Morgan fingerprint density at radius 2 is 1.81 bits per heavy atom. The molecule has 0 spiro atoms. The van der Waals surface area contributed by atoms with Crippen molar-refractivity contribution in [2.24, 2.45) is 5.73 Å². The number of benzene rings is 2. The maximum absolute atomic E-state index is 7.46. The zero-order valence-electron chi connectivity index (χ0n) is 11.9. The predicted molar refractivity (Wildman–Crippen MR) is 90.7 cm³/mol. The molecule has 0 aliphatic carbocycles. The molecule has 0 heterocycles. The summed E-state index contributed by atoms with van der Waals surface area (Å²) in [6, 6.07) is 13.3. The van der Waals surface area contributed by atoms with Crippen LogP contribution in [0.5, 0.6) is 0 Å². The molecule has 0 saturated heterocycles. The van der Waals surface area contributed by atoms with E-state index in [1.165, 1.54) is 0 Å². The molecule has 0 amide bonds. The van der Waals surface area contributed by atoms with Crippen molar-refractivity contribution in [2.45, 2.75) is 13.0 Å². The van der Waals surface area contributed by atoms with Crippen LogP contribution in [0.2, 0.25) is 10.0 Å². The molecule has 0 aliphatic heterocycles. The van der Waals surface area contributed by atoms with Gasteiger partial charge in [-0.25, -0.2) is 0 Å². The van der Waals surface area contributed by atoms with E-state index in [1.807, 2.05) is 43.4 Å². The van der Waals surface area contributed by atoms with E-state index in [9.17, 15) is 0 Å². The van der Waals surface area contributed by atoms with Crippen LogP contribution in [-0.4, -0.2) is 12.9 Å². The van der Waals surface area contributed by atoms with Gasteiger partial charge in [0.1, 0.15) is 5.84 Å². The molecule has 2 aromatic carbocycles. The van der Waals surface area contributed by atoms with Crippen LogP contribution in [0.4, 0.5) is 5.69 Å². The van der Waals surface area contributed by atoms with Crippen LogP contribution in [0.1, 0.15) is 24.1 Å². The highest BCUT2D eigenvalue weighted by molar-refractivity contribution is 6.34. The number of anilines is 1. The van der Waals surface area contributed by atoms with Gasteiger partial charge in [0.05, 0.1) is 11.1 Å². The third-order valence-electron chi connectivity index (χ3n) is 3.59. The molecule has 21 heavy (non-hydrogen) atoms. The first-order chi connectivity index (χ1) is 9.91. The van der Waals surface area contributed by atoms with Gasteiger partial charge < -0.3 is 10.6 Å². The fraction of sp³-hybridized carbons (Fsp3) is 0.188. The fourth-order valence-electron chi connectivity index (χ4n) is 2.19. The van der Waals surface area contributed by atoms with Crippen LogP contribution in [0, 0.1) is 5.41 Å². The number of rotatable bonds is 4. The molecule has 0 fully saturated rings. The van der Waals surface area contributed by atoms with Crippen molar-refractivity contribution in [2.75, 3.05) is 11.9 Å². The van der Waals surface area contributed by atoms with Crippen molar-refractivity contribution >= 4 is 34.7 Å². The Labute approximate surface area is 134 Å². The van der Waals surface area contributed by atoms with Crippen molar-refractivity contribution in [1.29, 1.82) is 5.41 Å². The Kier molecular flexibility index (Phi) is 4.76. The molecule has 0 bridgehead atoms. The monoisotopic (exact) mass is 321 g/mol. The first-order valence-corrected chi connectivity index (χ1v) is 7.28. The maximum Gasteiger partial charge on any atom is 0.124 e. The maximum atomic E-state index is 7.46. The Morgan fingerprint density at radius 3 is 2.38 bits per heavy atom. The lowest BCUT2D eigenvalue weighted by Gasteiger charge is -2.28. The van der Waals surface area contributed by atoms with E-state index >= 15 is 0 Å². The normalized spacial score (nSPS) is 12.0. The Balaban J connectivity index is 2.32. The molecule has 3 nitrogen and oxygen atoms in total. The summed E-state index contributed by atoms with van der Waals surface area (Å²) in [6.07, 6.45) is 0. The van der Waals surface area contributed by atoms with Crippen LogP contribution >= 0.6 is 23.2 Å². The van der Waals surface area contributed by atoms with Gasteiger partial charge in [0, 0.05) is 23.3 Å². The highest BCUT2D eigenvalue weighted by Crippen LogP contribution is 2.31. The predicted octanol–water partition coefficient (Wildman–Crippen LogP) is 4.47. The third-order valence-corrected chi connectivity index (χ3v) is 4.24. The lowest BCUT2D eigenvalue weighted by atomic mass is 10.1.